The van der Waals surface area contributed by atoms with Crippen LogP contribution in [0, 0.1) is 6.85 Å². The number of rotatable bonds is 2. The van der Waals surface area contributed by atoms with Gasteiger partial charge < -0.3 is 13.7 Å². The predicted octanol–water partition coefficient (Wildman–Crippen LogP) is 17.0. The van der Waals surface area contributed by atoms with Crippen molar-refractivity contribution in [2.45, 2.75) is 212 Å². The van der Waals surface area contributed by atoms with Gasteiger partial charge in [-0.25, -0.2) is 0 Å². The summed E-state index contributed by atoms with van der Waals surface area (Å²) in [4.78, 5) is 2.86. The van der Waals surface area contributed by atoms with Gasteiger partial charge in [0.1, 0.15) is 11.2 Å². The Morgan fingerprint density at radius 3 is 1.33 bits per heavy atom. The first-order chi connectivity index (χ1) is 39.8. The summed E-state index contributed by atoms with van der Waals surface area (Å²) in [6, 6.07) is -3.40. The Morgan fingerprint density at radius 2 is 0.833 bits per heavy atom. The van der Waals surface area contributed by atoms with Crippen molar-refractivity contribution in [2.75, 3.05) is 9.80 Å². The molecule has 72 heavy (non-hydrogen) atoms. The van der Waals surface area contributed by atoms with Gasteiger partial charge in [0.25, 0.3) is 0 Å². The van der Waals surface area contributed by atoms with Crippen LogP contribution < -0.4 is 26.4 Å². The van der Waals surface area contributed by atoms with E-state index in [1.54, 1.807) is 0 Å². The second kappa shape index (κ2) is 14.2. The van der Waals surface area contributed by atoms with E-state index in [1.165, 1.54) is 9.80 Å². The standard InChI is InChI=1S/C67H79BN2O2/c1-38-34-49-54-50(35-38)70(40-19-23-44-48(37-40)65(12,13)29-27-61(44,4)5)59-53(41-20-24-45-51(56(41)72-59)66(14,15)32-30-62(45,6)7)68(54)58-55(42-21-25-46-52(57(42)71-58)67(16,17)33-31-63(46,8)9)69(49)39-18-22-43-47(36-39)64(10,11)28-26-60(43,2)3/h18-25,34-37H,26-33H2,1-17H3/i1D3,18D,19D,20D,21D,22D,23D,24D,25D,34D,35D,36D,37D. The highest BCUT2D eigenvalue weighted by Crippen LogP contribution is 2.57. The second-order valence-electron chi connectivity index (χ2n) is 27.9. The van der Waals surface area contributed by atoms with Crippen LogP contribution in [-0.2, 0) is 43.3 Å². The van der Waals surface area contributed by atoms with Gasteiger partial charge in [-0.05, 0) is 188 Å². The first-order valence-electron chi connectivity index (χ1n) is 34.1. The molecule has 2 aromatic heterocycles. The highest BCUT2D eigenvalue weighted by atomic mass is 16.4. The lowest BCUT2D eigenvalue weighted by Crippen LogP contribution is -2.60. The number of anilines is 6. The lowest BCUT2D eigenvalue weighted by atomic mass is 9.35. The van der Waals surface area contributed by atoms with Gasteiger partial charge in [-0.1, -0.05) is 141 Å². The Hall–Kier alpha value is -5.16. The summed E-state index contributed by atoms with van der Waals surface area (Å²) in [5.74, 6) is -0.102. The minimum atomic E-state index is -3.24. The Balaban J connectivity index is 1.34. The van der Waals surface area contributed by atoms with E-state index in [1.807, 2.05) is 55.4 Å². The molecule has 4 aliphatic carbocycles. The van der Waals surface area contributed by atoms with Crippen LogP contribution in [0.1, 0.15) is 233 Å². The molecule has 5 aromatic carbocycles. The molecule has 0 unspecified atom stereocenters. The van der Waals surface area contributed by atoms with Crippen LogP contribution in [0.15, 0.2) is 81.3 Å². The molecular formula is C67H79BN2O2. The topological polar surface area (TPSA) is 32.8 Å². The molecule has 0 bridgehead atoms. The summed E-state index contributed by atoms with van der Waals surface area (Å²) in [5, 5.41) is 0.278. The molecule has 0 radical (unpaired) electrons. The zero-order chi connectivity index (χ0) is 63.9. The van der Waals surface area contributed by atoms with Crippen LogP contribution in [0.2, 0.25) is 0 Å². The highest BCUT2D eigenvalue weighted by Gasteiger charge is 2.53. The normalized spacial score (nSPS) is 25.7. The molecule has 0 spiro atoms. The van der Waals surface area contributed by atoms with Gasteiger partial charge in [0, 0.05) is 54.2 Å². The zero-order valence-electron chi connectivity index (χ0n) is 60.4. The molecule has 4 heterocycles. The quantitative estimate of drug-likeness (QED) is 0.162. The summed E-state index contributed by atoms with van der Waals surface area (Å²) < 4.78 is 168. The van der Waals surface area contributed by atoms with Crippen LogP contribution in [-0.4, -0.2) is 6.71 Å². The molecule has 4 nitrogen and oxygen atoms in total. The molecule has 2 aliphatic heterocycles. The minimum absolute atomic E-state index is 0.0272. The van der Waals surface area contributed by atoms with E-state index in [0.717, 1.165) is 0 Å². The van der Waals surface area contributed by atoms with Gasteiger partial charge in [-0.2, -0.15) is 0 Å². The summed E-state index contributed by atoms with van der Waals surface area (Å²) in [5.41, 5.74) is -1.59. The van der Waals surface area contributed by atoms with E-state index in [9.17, 15) is 20.6 Å². The summed E-state index contributed by atoms with van der Waals surface area (Å²) in [7, 11) is 0. The molecule has 0 saturated heterocycles. The van der Waals surface area contributed by atoms with Crippen molar-refractivity contribution in [1.29, 1.82) is 0 Å². The fourth-order valence-corrected chi connectivity index (χ4v) is 14.0. The molecule has 5 heteroatoms. The Morgan fingerprint density at radius 1 is 0.431 bits per heavy atom. The van der Waals surface area contributed by atoms with Crippen LogP contribution >= 0.6 is 0 Å². The van der Waals surface area contributed by atoms with Crippen LogP contribution in [0.3, 0.4) is 0 Å². The highest BCUT2D eigenvalue weighted by molar-refractivity contribution is 7.01. The molecule has 6 aliphatic rings. The lowest BCUT2D eigenvalue weighted by molar-refractivity contribution is 0.331. The average molecular weight is 970 g/mol. The van der Waals surface area contributed by atoms with Gasteiger partial charge in [0.15, 0.2) is 0 Å². The Labute approximate surface area is 452 Å². The fraction of sp³-hybridized carbons (Fsp3) is 0.493. The van der Waals surface area contributed by atoms with Crippen molar-refractivity contribution in [3.63, 3.8) is 0 Å². The van der Waals surface area contributed by atoms with E-state index in [2.05, 4.69) is 55.4 Å². The van der Waals surface area contributed by atoms with Gasteiger partial charge in [-0.15, -0.1) is 0 Å². The third-order valence-corrected chi connectivity index (χ3v) is 19.1. The molecular weight excluding hydrogens is 876 g/mol. The number of hydrogen-bond acceptors (Lipinski definition) is 4. The molecule has 13 rings (SSSR count). The molecule has 0 N–H and O–H groups in total. The maximum Gasteiger partial charge on any atom is 0.302 e. The smallest absolute Gasteiger partial charge is 0.302 e. The van der Waals surface area contributed by atoms with Crippen molar-refractivity contribution in [1.82, 2.24) is 0 Å². The Kier molecular flexibility index (Phi) is 6.47. The molecule has 0 saturated carbocycles. The van der Waals surface area contributed by atoms with Crippen molar-refractivity contribution < 1.29 is 29.4 Å². The number of furan rings is 2. The van der Waals surface area contributed by atoms with Gasteiger partial charge in [0.2, 0.25) is 5.88 Å². The fourth-order valence-electron chi connectivity index (χ4n) is 14.0. The number of fused-ring (bicyclic) bond motifs is 14. The number of hydrogen-bond donors (Lipinski definition) is 0. The largest absolute Gasteiger partial charge is 0.468 e. The lowest BCUT2D eigenvalue weighted by Gasteiger charge is -2.44. The van der Waals surface area contributed by atoms with Crippen molar-refractivity contribution >= 4 is 79.6 Å². The maximum absolute atomic E-state index is 10.7. The van der Waals surface area contributed by atoms with Gasteiger partial charge in [-0.3, -0.25) is 4.90 Å². The molecule has 7 aromatic rings. The van der Waals surface area contributed by atoms with E-state index < -0.39 is 86.6 Å². The molecule has 0 amide bonds. The van der Waals surface area contributed by atoms with Gasteiger partial charge >= 0.3 is 6.71 Å². The van der Waals surface area contributed by atoms with Crippen molar-refractivity contribution in [2.24, 2.45) is 0 Å². The molecule has 0 atom stereocenters. The van der Waals surface area contributed by atoms with Crippen LogP contribution in [0.25, 0.3) is 21.9 Å². The summed E-state index contributed by atoms with van der Waals surface area (Å²) in [6.07, 6.45) is 5.23. The number of nitrogens with zero attached hydrogens (tertiary/aromatic N) is 2. The first kappa shape index (κ1) is 32.9. The van der Waals surface area contributed by atoms with Crippen LogP contribution in [0.5, 0.6) is 0 Å². The molecule has 372 valence electrons. The number of benzene rings is 5. The van der Waals surface area contributed by atoms with E-state index in [-0.39, 0.29) is 121 Å². The van der Waals surface area contributed by atoms with Crippen LogP contribution in [0.4, 0.5) is 34.3 Å². The first-order valence-corrected chi connectivity index (χ1v) is 26.6. The summed E-state index contributed by atoms with van der Waals surface area (Å²) in [6.45, 7) is 27.9. The monoisotopic (exact) mass is 970 g/mol. The third kappa shape index (κ3) is 6.18. The van der Waals surface area contributed by atoms with Gasteiger partial charge in [0.05, 0.1) is 27.8 Å². The van der Waals surface area contributed by atoms with Crippen molar-refractivity contribution in [3.05, 3.63) is 123 Å². The maximum atomic E-state index is 10.7. The minimum Gasteiger partial charge on any atom is -0.468 e. The zero-order valence-corrected chi connectivity index (χ0v) is 45.4. The SMILES string of the molecule is [2H]c1c([2H])c2c(c([2H])c1N1c3oc4c5c(c([2H])c([2H])c4c3B3c4oc6c7c(c([2H])c([2H])c6c4N(c4c([2H])c([2H])c6c(c4[2H])C(C)(C)CCC6(C)C)c4c([2H])c(C([2H])([2H])[2H])c([2H])c1c43)C(C)(C)CCC7(C)C)C(C)(C)CCC5(C)C)C(C)(C)CCC2(C)C. The second-order valence-corrected chi connectivity index (χ2v) is 27.9. The molecule has 0 fully saturated rings. The van der Waals surface area contributed by atoms with Crippen molar-refractivity contribution in [3.8, 4) is 0 Å². The Bertz CT molecular complexity index is 4340. The third-order valence-electron chi connectivity index (χ3n) is 19.1. The average Bonchev–Trinajstić information content (AvgIpc) is 1.61. The summed E-state index contributed by atoms with van der Waals surface area (Å²) >= 11 is 0. The van der Waals surface area contributed by atoms with E-state index >= 15 is 0 Å². The van der Waals surface area contributed by atoms with E-state index in [4.69, 9.17) is 8.83 Å². The van der Waals surface area contributed by atoms with E-state index in [0.29, 0.717) is 95.9 Å². The predicted molar refractivity (Wildman–Crippen MR) is 306 cm³/mol.